The molecule has 0 radical (unpaired) electrons. The molecule has 0 aliphatic rings. The number of methoxy groups -OCH3 is 1. The van der Waals surface area contributed by atoms with Crippen LogP contribution in [-0.2, 0) is 4.74 Å². The lowest BCUT2D eigenvalue weighted by Crippen LogP contribution is -2.26. The Morgan fingerprint density at radius 1 is 1.43 bits per heavy atom. The third-order valence-electron chi connectivity index (χ3n) is 2.61. The van der Waals surface area contributed by atoms with Crippen LogP contribution in [0.2, 0.25) is 0 Å². The number of hydrogen-bond acceptors (Lipinski definition) is 5. The molecule has 0 saturated carbocycles. The molecule has 0 bridgehead atoms. The van der Waals surface area contributed by atoms with Crippen LogP contribution in [0.25, 0.3) is 0 Å². The highest BCUT2D eigenvalue weighted by Gasteiger charge is 2.22. The van der Waals surface area contributed by atoms with Gasteiger partial charge in [-0.15, -0.1) is 0 Å². The average Bonchev–Trinajstić information content (AvgIpc) is 2.49. The molecule has 1 aromatic rings. The summed E-state index contributed by atoms with van der Waals surface area (Å²) in [7, 11) is 1.30. The molecular weight excluding hydrogens is 344 g/mol. The molecule has 116 valence electrons. The van der Waals surface area contributed by atoms with Gasteiger partial charge in [0.15, 0.2) is 0 Å². The lowest BCUT2D eigenvalue weighted by Gasteiger charge is -2.09. The van der Waals surface area contributed by atoms with E-state index >= 15 is 0 Å². The van der Waals surface area contributed by atoms with Gasteiger partial charge < -0.3 is 14.8 Å². The van der Waals surface area contributed by atoms with E-state index in [1.54, 1.807) is 0 Å². The first-order valence-corrected chi connectivity index (χ1v) is 7.47. The fraction of sp³-hybridized carbons (Fsp3) is 0.462. The Hall–Kier alpha value is -1.67. The molecule has 0 atom stereocenters. The number of para-hydroxylation sites is 1. The minimum Gasteiger partial charge on any atom is -0.490 e. The molecule has 0 heterocycles. The first kappa shape index (κ1) is 17.4. The number of nitrogens with one attached hydrogen (secondary N) is 1. The van der Waals surface area contributed by atoms with Gasteiger partial charge in [0, 0.05) is 24.5 Å². The van der Waals surface area contributed by atoms with Gasteiger partial charge in [0.25, 0.3) is 5.91 Å². The zero-order valence-electron chi connectivity index (χ0n) is 11.6. The monoisotopic (exact) mass is 360 g/mol. The number of carbonyl (C=O) groups excluding carboxylic acids is 1. The summed E-state index contributed by atoms with van der Waals surface area (Å²) in [5.41, 5.74) is -0.0844. The van der Waals surface area contributed by atoms with Gasteiger partial charge in [0.2, 0.25) is 5.75 Å². The van der Waals surface area contributed by atoms with Crippen molar-refractivity contribution in [2.24, 2.45) is 0 Å². The topological polar surface area (TPSA) is 90.7 Å². The Labute approximate surface area is 130 Å². The van der Waals surface area contributed by atoms with Gasteiger partial charge >= 0.3 is 5.69 Å². The van der Waals surface area contributed by atoms with E-state index in [2.05, 4.69) is 21.2 Å². The lowest BCUT2D eigenvalue weighted by atomic mass is 10.1. The van der Waals surface area contributed by atoms with E-state index < -0.39 is 10.8 Å². The second kappa shape index (κ2) is 9.30. The van der Waals surface area contributed by atoms with Crippen molar-refractivity contribution in [3.8, 4) is 5.75 Å². The fourth-order valence-corrected chi connectivity index (χ4v) is 1.92. The molecule has 0 aromatic heterocycles. The Kier molecular flexibility index (Phi) is 7.70. The van der Waals surface area contributed by atoms with Gasteiger partial charge in [0.05, 0.1) is 24.2 Å². The number of benzene rings is 1. The molecule has 0 fully saturated rings. The Bertz CT molecular complexity index is 495. The highest BCUT2D eigenvalue weighted by molar-refractivity contribution is 9.09. The molecule has 0 aliphatic carbocycles. The molecule has 1 aromatic carbocycles. The Morgan fingerprint density at radius 2 is 2.19 bits per heavy atom. The van der Waals surface area contributed by atoms with E-state index in [0.29, 0.717) is 26.2 Å². The number of halogens is 1. The summed E-state index contributed by atoms with van der Waals surface area (Å²) in [5.74, 6) is -0.438. The predicted molar refractivity (Wildman–Crippen MR) is 81.2 cm³/mol. The van der Waals surface area contributed by atoms with Crippen molar-refractivity contribution in [1.82, 2.24) is 5.32 Å². The molecule has 8 heteroatoms. The van der Waals surface area contributed by atoms with E-state index in [-0.39, 0.29) is 17.0 Å². The van der Waals surface area contributed by atoms with Gasteiger partial charge in [-0.05, 0) is 12.5 Å². The van der Waals surface area contributed by atoms with Crippen molar-refractivity contribution < 1.29 is 19.2 Å². The van der Waals surface area contributed by atoms with Crippen LogP contribution in [0.1, 0.15) is 16.8 Å². The van der Waals surface area contributed by atoms with Crippen LogP contribution >= 0.6 is 15.9 Å². The van der Waals surface area contributed by atoms with Crippen molar-refractivity contribution in [3.63, 3.8) is 0 Å². The molecular formula is C13H17BrN2O5. The summed E-state index contributed by atoms with van der Waals surface area (Å²) in [6.45, 7) is 1.58. The lowest BCUT2D eigenvalue weighted by molar-refractivity contribution is -0.385. The molecule has 7 nitrogen and oxygen atoms in total. The van der Waals surface area contributed by atoms with Crippen LogP contribution in [0.3, 0.4) is 0 Å². The van der Waals surface area contributed by atoms with E-state index in [0.717, 1.165) is 5.33 Å². The number of rotatable bonds is 9. The second-order valence-electron chi connectivity index (χ2n) is 4.03. The van der Waals surface area contributed by atoms with Crippen molar-refractivity contribution >= 4 is 27.5 Å². The summed E-state index contributed by atoms with van der Waals surface area (Å²) in [6.07, 6.45) is 0.663. The number of amides is 1. The van der Waals surface area contributed by atoms with Crippen molar-refractivity contribution in [2.75, 3.05) is 32.2 Å². The summed E-state index contributed by atoms with van der Waals surface area (Å²) >= 11 is 3.24. The zero-order chi connectivity index (χ0) is 15.7. The normalized spacial score (nSPS) is 10.2. The molecule has 0 spiro atoms. The van der Waals surface area contributed by atoms with E-state index in [9.17, 15) is 14.9 Å². The van der Waals surface area contributed by atoms with Crippen LogP contribution in [0.4, 0.5) is 5.69 Å². The van der Waals surface area contributed by atoms with Crippen LogP contribution in [0, 0.1) is 10.1 Å². The van der Waals surface area contributed by atoms with Gasteiger partial charge in [-0.2, -0.15) is 0 Å². The number of nitro groups is 1. The van der Waals surface area contributed by atoms with Crippen molar-refractivity contribution in [3.05, 3.63) is 33.9 Å². The number of nitro benzene ring substituents is 1. The number of nitrogens with zero attached hydrogens (tertiary/aromatic N) is 1. The second-order valence-corrected chi connectivity index (χ2v) is 4.82. The van der Waals surface area contributed by atoms with Crippen LogP contribution in [0.15, 0.2) is 18.2 Å². The summed E-state index contributed by atoms with van der Waals surface area (Å²) in [6, 6.07) is 4.24. The molecule has 1 amide bonds. The maximum Gasteiger partial charge on any atom is 0.311 e. The summed E-state index contributed by atoms with van der Waals surface area (Å²) in [4.78, 5) is 22.3. The SMILES string of the molecule is COc1c(C(=O)NCCCOCCBr)cccc1[N+](=O)[O-]. The van der Waals surface area contributed by atoms with Crippen molar-refractivity contribution in [1.29, 1.82) is 0 Å². The van der Waals surface area contributed by atoms with Gasteiger partial charge in [-0.3, -0.25) is 14.9 Å². The van der Waals surface area contributed by atoms with Crippen LogP contribution in [-0.4, -0.2) is 43.0 Å². The van der Waals surface area contributed by atoms with Crippen LogP contribution < -0.4 is 10.1 Å². The highest BCUT2D eigenvalue weighted by Crippen LogP contribution is 2.30. The standard InChI is InChI=1S/C13H17BrN2O5/c1-20-12-10(4-2-5-11(12)16(18)19)13(17)15-7-3-8-21-9-6-14/h2,4-5H,3,6-9H2,1H3,(H,15,17). The first-order valence-electron chi connectivity index (χ1n) is 6.35. The highest BCUT2D eigenvalue weighted by atomic mass is 79.9. The Balaban J connectivity index is 2.62. The molecule has 0 aliphatic heterocycles. The quantitative estimate of drug-likeness (QED) is 0.315. The average molecular weight is 361 g/mol. The summed E-state index contributed by atoms with van der Waals surface area (Å²) in [5, 5.41) is 14.3. The molecule has 1 rings (SSSR count). The maximum atomic E-state index is 12.0. The van der Waals surface area contributed by atoms with E-state index in [1.165, 1.54) is 25.3 Å². The fourth-order valence-electron chi connectivity index (χ4n) is 1.69. The van der Waals surface area contributed by atoms with Crippen molar-refractivity contribution in [2.45, 2.75) is 6.42 Å². The van der Waals surface area contributed by atoms with Gasteiger partial charge in [0.1, 0.15) is 0 Å². The van der Waals surface area contributed by atoms with E-state index in [1.807, 2.05) is 0 Å². The Morgan fingerprint density at radius 3 is 2.81 bits per heavy atom. The molecule has 21 heavy (non-hydrogen) atoms. The first-order chi connectivity index (χ1) is 10.1. The number of hydrogen-bond donors (Lipinski definition) is 1. The largest absolute Gasteiger partial charge is 0.490 e. The third-order valence-corrected chi connectivity index (χ3v) is 2.94. The predicted octanol–water partition coefficient (Wildman–Crippen LogP) is 2.13. The summed E-state index contributed by atoms with van der Waals surface area (Å²) < 4.78 is 10.2. The minimum absolute atomic E-state index is 0.0319. The van der Waals surface area contributed by atoms with E-state index in [4.69, 9.17) is 9.47 Å². The molecule has 0 saturated heterocycles. The van der Waals surface area contributed by atoms with Gasteiger partial charge in [-0.25, -0.2) is 0 Å². The smallest absolute Gasteiger partial charge is 0.311 e. The molecule has 0 unspecified atom stereocenters. The minimum atomic E-state index is -0.580. The van der Waals surface area contributed by atoms with Crippen LogP contribution in [0.5, 0.6) is 5.75 Å². The number of ether oxygens (including phenoxy) is 2. The van der Waals surface area contributed by atoms with Gasteiger partial charge in [-0.1, -0.05) is 22.0 Å². The molecule has 1 N–H and O–H groups in total. The number of alkyl halides is 1. The zero-order valence-corrected chi connectivity index (χ0v) is 13.2. The third kappa shape index (κ3) is 5.31. The maximum absolute atomic E-state index is 12.0. The number of carbonyl (C=O) groups is 1.